The van der Waals surface area contributed by atoms with Gasteiger partial charge in [0.25, 0.3) is 0 Å². The van der Waals surface area contributed by atoms with E-state index in [2.05, 4.69) is 55.0 Å². The maximum Gasteiger partial charge on any atom is 0.126 e. The van der Waals surface area contributed by atoms with Gasteiger partial charge in [0.15, 0.2) is 0 Å². The van der Waals surface area contributed by atoms with Crippen molar-refractivity contribution in [3.05, 3.63) is 23.9 Å². The standard InChI is InChI=1S/C15H25N3O/c1-5-16-14-8-13(6-7-17-14)10-18-9-12(2)19-15(3,4)11-18/h6-8,12H,5,9-11H2,1-4H3,(H,16,17). The molecule has 0 amide bonds. The van der Waals surface area contributed by atoms with Crippen molar-refractivity contribution in [2.45, 2.75) is 45.9 Å². The highest BCUT2D eigenvalue weighted by atomic mass is 16.5. The zero-order valence-corrected chi connectivity index (χ0v) is 12.4. The summed E-state index contributed by atoms with van der Waals surface area (Å²) in [7, 11) is 0. The van der Waals surface area contributed by atoms with Crippen LogP contribution in [0.1, 0.15) is 33.3 Å². The SMILES string of the molecule is CCNc1cc(CN2CC(C)OC(C)(C)C2)ccn1. The molecule has 106 valence electrons. The smallest absolute Gasteiger partial charge is 0.126 e. The molecule has 2 rings (SSSR count). The largest absolute Gasteiger partial charge is 0.370 e. The van der Waals surface area contributed by atoms with Gasteiger partial charge in [-0.1, -0.05) is 0 Å². The van der Waals surface area contributed by atoms with Crippen molar-refractivity contribution < 1.29 is 4.74 Å². The number of hydrogen-bond donors (Lipinski definition) is 1. The maximum absolute atomic E-state index is 5.94. The fraction of sp³-hybridized carbons (Fsp3) is 0.667. The first-order valence-corrected chi connectivity index (χ1v) is 7.07. The van der Waals surface area contributed by atoms with Crippen LogP contribution in [-0.4, -0.2) is 41.2 Å². The molecule has 0 aromatic carbocycles. The van der Waals surface area contributed by atoms with E-state index in [4.69, 9.17) is 4.74 Å². The Morgan fingerprint density at radius 2 is 2.32 bits per heavy atom. The summed E-state index contributed by atoms with van der Waals surface area (Å²) >= 11 is 0. The molecule has 4 heteroatoms. The second kappa shape index (κ2) is 5.88. The van der Waals surface area contributed by atoms with Gasteiger partial charge in [0.05, 0.1) is 11.7 Å². The Balaban J connectivity index is 2.02. The molecule has 2 heterocycles. The zero-order chi connectivity index (χ0) is 13.9. The monoisotopic (exact) mass is 263 g/mol. The summed E-state index contributed by atoms with van der Waals surface area (Å²) < 4.78 is 5.94. The lowest BCUT2D eigenvalue weighted by molar-refractivity contribution is -0.130. The summed E-state index contributed by atoms with van der Waals surface area (Å²) in [6, 6.07) is 4.23. The minimum Gasteiger partial charge on any atom is -0.370 e. The van der Waals surface area contributed by atoms with Crippen LogP contribution in [0.5, 0.6) is 0 Å². The van der Waals surface area contributed by atoms with E-state index in [1.165, 1.54) is 5.56 Å². The third-order valence-electron chi connectivity index (χ3n) is 3.23. The van der Waals surface area contributed by atoms with Gasteiger partial charge < -0.3 is 10.1 Å². The molecule has 4 nitrogen and oxygen atoms in total. The molecule has 1 aliphatic rings. The molecule has 1 aromatic heterocycles. The van der Waals surface area contributed by atoms with Gasteiger partial charge in [0.2, 0.25) is 0 Å². The first-order valence-electron chi connectivity index (χ1n) is 7.07. The molecule has 1 aliphatic heterocycles. The van der Waals surface area contributed by atoms with Crippen molar-refractivity contribution in [1.29, 1.82) is 0 Å². The summed E-state index contributed by atoms with van der Waals surface area (Å²) in [6.45, 7) is 12.4. The highest BCUT2D eigenvalue weighted by Crippen LogP contribution is 2.22. The lowest BCUT2D eigenvalue weighted by atomic mass is 10.0. The van der Waals surface area contributed by atoms with Crippen LogP contribution in [-0.2, 0) is 11.3 Å². The molecule has 1 N–H and O–H groups in total. The van der Waals surface area contributed by atoms with Crippen molar-refractivity contribution in [1.82, 2.24) is 9.88 Å². The lowest BCUT2D eigenvalue weighted by Crippen LogP contribution is -2.51. The van der Waals surface area contributed by atoms with Gasteiger partial charge in [0, 0.05) is 32.4 Å². The Kier molecular flexibility index (Phi) is 4.42. The van der Waals surface area contributed by atoms with Gasteiger partial charge in [-0.05, 0) is 45.4 Å². The number of hydrogen-bond acceptors (Lipinski definition) is 4. The molecule has 1 atom stereocenters. The quantitative estimate of drug-likeness (QED) is 0.905. The summed E-state index contributed by atoms with van der Waals surface area (Å²) in [5.74, 6) is 0.959. The van der Waals surface area contributed by atoms with Gasteiger partial charge in [-0.15, -0.1) is 0 Å². The van der Waals surface area contributed by atoms with E-state index >= 15 is 0 Å². The summed E-state index contributed by atoms with van der Waals surface area (Å²) in [4.78, 5) is 6.77. The minimum atomic E-state index is -0.0603. The number of ether oxygens (including phenoxy) is 1. The molecule has 19 heavy (non-hydrogen) atoms. The van der Waals surface area contributed by atoms with Crippen LogP contribution in [0, 0.1) is 0 Å². The predicted molar refractivity (Wildman–Crippen MR) is 78.3 cm³/mol. The van der Waals surface area contributed by atoms with E-state index in [1.807, 2.05) is 6.20 Å². The first-order chi connectivity index (χ1) is 8.98. The van der Waals surface area contributed by atoms with Crippen molar-refractivity contribution >= 4 is 5.82 Å². The van der Waals surface area contributed by atoms with Crippen LogP contribution in [0.25, 0.3) is 0 Å². The summed E-state index contributed by atoms with van der Waals surface area (Å²) in [5, 5.41) is 3.26. The van der Waals surface area contributed by atoms with Crippen LogP contribution in [0.15, 0.2) is 18.3 Å². The second-order valence-electron chi connectivity index (χ2n) is 5.94. The number of nitrogens with one attached hydrogen (secondary N) is 1. The molecule has 1 saturated heterocycles. The first kappa shape index (κ1) is 14.3. The average molecular weight is 263 g/mol. The van der Waals surface area contributed by atoms with Gasteiger partial charge >= 0.3 is 0 Å². The highest BCUT2D eigenvalue weighted by Gasteiger charge is 2.31. The van der Waals surface area contributed by atoms with Crippen molar-refractivity contribution in [3.8, 4) is 0 Å². The highest BCUT2D eigenvalue weighted by molar-refractivity contribution is 5.37. The number of nitrogens with zero attached hydrogens (tertiary/aromatic N) is 2. The van der Waals surface area contributed by atoms with Gasteiger partial charge in [0.1, 0.15) is 5.82 Å². The number of pyridine rings is 1. The van der Waals surface area contributed by atoms with Gasteiger partial charge in [-0.3, -0.25) is 4.90 Å². The minimum absolute atomic E-state index is 0.0603. The fourth-order valence-electron chi connectivity index (χ4n) is 2.81. The Labute approximate surface area is 116 Å². The molecule has 0 spiro atoms. The molecule has 0 bridgehead atoms. The van der Waals surface area contributed by atoms with Gasteiger partial charge in [-0.2, -0.15) is 0 Å². The van der Waals surface area contributed by atoms with Gasteiger partial charge in [-0.25, -0.2) is 4.98 Å². The Bertz CT molecular complexity index is 420. The van der Waals surface area contributed by atoms with Crippen molar-refractivity contribution in [2.75, 3.05) is 25.0 Å². The van der Waals surface area contributed by atoms with Crippen LogP contribution in [0.3, 0.4) is 0 Å². The topological polar surface area (TPSA) is 37.4 Å². The predicted octanol–water partition coefficient (Wildman–Crippen LogP) is 2.51. The maximum atomic E-state index is 5.94. The number of anilines is 1. The average Bonchev–Trinajstić information content (AvgIpc) is 2.26. The number of aromatic nitrogens is 1. The summed E-state index contributed by atoms with van der Waals surface area (Å²) in [5.41, 5.74) is 1.24. The Hall–Kier alpha value is -1.13. The molecule has 0 saturated carbocycles. The van der Waals surface area contributed by atoms with Crippen molar-refractivity contribution in [2.24, 2.45) is 0 Å². The van der Waals surface area contributed by atoms with E-state index in [0.717, 1.165) is 32.0 Å². The van der Waals surface area contributed by atoms with E-state index in [0.29, 0.717) is 6.10 Å². The summed E-state index contributed by atoms with van der Waals surface area (Å²) in [6.07, 6.45) is 2.17. The normalized spacial score (nSPS) is 23.3. The van der Waals surface area contributed by atoms with Crippen molar-refractivity contribution in [3.63, 3.8) is 0 Å². The zero-order valence-electron chi connectivity index (χ0n) is 12.4. The Morgan fingerprint density at radius 1 is 1.53 bits per heavy atom. The number of rotatable bonds is 4. The molecule has 0 radical (unpaired) electrons. The molecular formula is C15H25N3O. The Morgan fingerprint density at radius 3 is 3.00 bits per heavy atom. The molecule has 1 unspecified atom stereocenters. The second-order valence-corrected chi connectivity index (χ2v) is 5.94. The third-order valence-corrected chi connectivity index (χ3v) is 3.23. The van der Waals surface area contributed by atoms with E-state index in [-0.39, 0.29) is 5.60 Å². The molecular weight excluding hydrogens is 238 g/mol. The van der Waals surface area contributed by atoms with Crippen LogP contribution < -0.4 is 5.32 Å². The third kappa shape index (κ3) is 4.18. The van der Waals surface area contributed by atoms with E-state index in [1.54, 1.807) is 0 Å². The molecule has 1 aromatic rings. The van der Waals surface area contributed by atoms with Crippen LogP contribution >= 0.6 is 0 Å². The van der Waals surface area contributed by atoms with Crippen LogP contribution in [0.4, 0.5) is 5.82 Å². The van der Waals surface area contributed by atoms with Crippen LogP contribution in [0.2, 0.25) is 0 Å². The lowest BCUT2D eigenvalue weighted by Gasteiger charge is -2.41. The van der Waals surface area contributed by atoms with E-state index < -0.39 is 0 Å². The fourth-order valence-corrected chi connectivity index (χ4v) is 2.81. The molecule has 0 aliphatic carbocycles. The molecule has 1 fully saturated rings. The van der Waals surface area contributed by atoms with E-state index in [9.17, 15) is 0 Å². The number of morpholine rings is 1.